The number of hydrogen-bond acceptors (Lipinski definition) is 5. The molecule has 1 aliphatic heterocycles. The number of amides is 1. The largest absolute Gasteiger partial charge is 0.368 e. The maximum absolute atomic E-state index is 14.2. The number of anilines is 1. The molecule has 0 atom stereocenters. The van der Waals surface area contributed by atoms with Crippen LogP contribution in [0, 0.1) is 5.82 Å². The number of halogens is 1. The van der Waals surface area contributed by atoms with Crippen LogP contribution in [0.3, 0.4) is 0 Å². The maximum atomic E-state index is 14.2. The molecule has 0 aliphatic carbocycles. The summed E-state index contributed by atoms with van der Waals surface area (Å²) in [5, 5.41) is 3.05. The molecule has 1 aromatic carbocycles. The molecular formula is C20H31FN6O. The Balaban J connectivity index is 0.000000640. The second-order valence-corrected chi connectivity index (χ2v) is 6.89. The van der Waals surface area contributed by atoms with Crippen LogP contribution in [0.4, 0.5) is 10.1 Å². The van der Waals surface area contributed by atoms with Gasteiger partial charge in [-0.05, 0) is 43.8 Å². The number of hydrazine groups is 1. The van der Waals surface area contributed by atoms with Crippen LogP contribution < -0.4 is 21.5 Å². The van der Waals surface area contributed by atoms with Gasteiger partial charge in [-0.3, -0.25) is 10.2 Å². The van der Waals surface area contributed by atoms with Crippen LogP contribution in [0.5, 0.6) is 0 Å². The molecular weight excluding hydrogens is 359 g/mol. The first-order valence-electron chi connectivity index (χ1n) is 9.48. The number of nitrogens with zero attached hydrogens (tertiary/aromatic N) is 3. The quantitative estimate of drug-likeness (QED) is 0.284. The maximum Gasteiger partial charge on any atom is 0.221 e. The molecule has 7 nitrogen and oxygen atoms in total. The third-order valence-electron chi connectivity index (χ3n) is 4.81. The summed E-state index contributed by atoms with van der Waals surface area (Å²) in [6.45, 7) is 5.86. The lowest BCUT2D eigenvalue weighted by atomic mass is 10.1. The van der Waals surface area contributed by atoms with E-state index < -0.39 is 0 Å². The summed E-state index contributed by atoms with van der Waals surface area (Å²) in [4.78, 5) is 13.7. The predicted molar refractivity (Wildman–Crippen MR) is 110 cm³/mol. The minimum atomic E-state index is -0.103. The number of aryl methyl sites for hydroxylation is 2. The van der Waals surface area contributed by atoms with Crippen LogP contribution in [0.15, 0.2) is 36.7 Å². The molecule has 2 aromatic rings. The zero-order valence-electron chi connectivity index (χ0n) is 16.7. The normalized spacial score (nSPS) is 14.4. The van der Waals surface area contributed by atoms with Gasteiger partial charge in [0.2, 0.25) is 6.41 Å². The fourth-order valence-electron chi connectivity index (χ4n) is 3.18. The Labute approximate surface area is 166 Å². The number of likely N-dealkylation sites (N-methyl/N-ethyl adjacent to an activating group) is 1. The van der Waals surface area contributed by atoms with Crippen molar-refractivity contribution in [2.75, 3.05) is 45.2 Å². The molecule has 2 heterocycles. The molecule has 1 aromatic heterocycles. The third-order valence-corrected chi connectivity index (χ3v) is 4.81. The molecule has 0 unspecified atom stereocenters. The fraction of sp³-hybridized carbons (Fsp3) is 0.450. The molecule has 0 spiro atoms. The van der Waals surface area contributed by atoms with Crippen molar-refractivity contribution < 1.29 is 9.18 Å². The van der Waals surface area contributed by atoms with Crippen LogP contribution in [-0.4, -0.2) is 56.2 Å². The zero-order valence-corrected chi connectivity index (χ0v) is 16.7. The van der Waals surface area contributed by atoms with Crippen molar-refractivity contribution in [3.8, 4) is 0 Å². The van der Waals surface area contributed by atoms with E-state index in [1.54, 1.807) is 11.5 Å². The average Bonchev–Trinajstić information content (AvgIpc) is 3.17. The molecule has 0 bridgehead atoms. The second kappa shape index (κ2) is 11.4. The van der Waals surface area contributed by atoms with Crippen LogP contribution in [0.2, 0.25) is 0 Å². The van der Waals surface area contributed by atoms with Gasteiger partial charge in [0, 0.05) is 51.7 Å². The molecule has 1 amide bonds. The van der Waals surface area contributed by atoms with E-state index in [2.05, 4.69) is 51.0 Å². The number of rotatable bonds is 7. The van der Waals surface area contributed by atoms with E-state index in [0.29, 0.717) is 19.4 Å². The molecule has 28 heavy (non-hydrogen) atoms. The molecule has 0 radical (unpaired) electrons. The molecule has 0 saturated carbocycles. The van der Waals surface area contributed by atoms with Gasteiger partial charge in [-0.15, -0.1) is 0 Å². The number of nitrogens with two attached hydrogens (primary N) is 1. The standard InChI is InChI=1S/C19H27FN4.CH4N2O/c1-21-14-16-3-4-17(19(20)13-16)5-7-23-8-6-18(15-23)24-11-9-22(2)10-12-24;2-3-1-4/h3-4,6,8,13,15,21H,5,7,9-12,14H2,1-2H3;1H,2H2,(H,3,4). The topological polar surface area (TPSA) is 78.6 Å². The number of piperazine rings is 1. The Bertz CT molecular complexity index is 727. The van der Waals surface area contributed by atoms with Crippen LogP contribution in [0.25, 0.3) is 0 Å². The van der Waals surface area contributed by atoms with Crippen molar-refractivity contribution in [1.29, 1.82) is 0 Å². The Kier molecular flexibility index (Phi) is 8.93. The third kappa shape index (κ3) is 6.63. The summed E-state index contributed by atoms with van der Waals surface area (Å²) in [5.41, 5.74) is 4.79. The van der Waals surface area contributed by atoms with E-state index in [9.17, 15) is 4.39 Å². The predicted octanol–water partition coefficient (Wildman–Crippen LogP) is 0.947. The summed E-state index contributed by atoms with van der Waals surface area (Å²) in [7, 11) is 4.04. The van der Waals surface area contributed by atoms with Gasteiger partial charge in [-0.2, -0.15) is 0 Å². The van der Waals surface area contributed by atoms with E-state index in [0.717, 1.165) is 43.9 Å². The lowest BCUT2D eigenvalue weighted by Gasteiger charge is -2.33. The lowest BCUT2D eigenvalue weighted by molar-refractivity contribution is -0.109. The monoisotopic (exact) mass is 390 g/mol. The van der Waals surface area contributed by atoms with E-state index in [4.69, 9.17) is 4.79 Å². The molecule has 1 aliphatic rings. The molecule has 1 saturated heterocycles. The first-order valence-corrected chi connectivity index (χ1v) is 9.48. The van der Waals surface area contributed by atoms with Crippen molar-refractivity contribution in [2.45, 2.75) is 19.5 Å². The highest BCUT2D eigenvalue weighted by atomic mass is 19.1. The Morgan fingerprint density at radius 3 is 2.54 bits per heavy atom. The van der Waals surface area contributed by atoms with Crippen LogP contribution in [-0.2, 0) is 24.3 Å². The lowest BCUT2D eigenvalue weighted by Crippen LogP contribution is -2.44. The van der Waals surface area contributed by atoms with Crippen molar-refractivity contribution in [1.82, 2.24) is 20.2 Å². The van der Waals surface area contributed by atoms with E-state index in [1.165, 1.54) is 5.69 Å². The van der Waals surface area contributed by atoms with Crippen LogP contribution >= 0.6 is 0 Å². The van der Waals surface area contributed by atoms with Crippen molar-refractivity contribution >= 4 is 12.1 Å². The molecule has 4 N–H and O–H groups in total. The number of hydrogen-bond donors (Lipinski definition) is 3. The zero-order chi connectivity index (χ0) is 20.4. The number of carbonyl (C=O) groups is 1. The van der Waals surface area contributed by atoms with E-state index in [-0.39, 0.29) is 5.82 Å². The number of benzene rings is 1. The number of carbonyl (C=O) groups excluding carboxylic acids is 1. The van der Waals surface area contributed by atoms with Gasteiger partial charge < -0.3 is 19.7 Å². The van der Waals surface area contributed by atoms with Crippen molar-refractivity contribution in [2.24, 2.45) is 5.84 Å². The van der Waals surface area contributed by atoms with Crippen LogP contribution in [0.1, 0.15) is 11.1 Å². The Morgan fingerprint density at radius 2 is 1.93 bits per heavy atom. The van der Waals surface area contributed by atoms with E-state index >= 15 is 0 Å². The summed E-state index contributed by atoms with van der Waals surface area (Å²) in [5.74, 6) is 4.31. The van der Waals surface area contributed by atoms with Crippen molar-refractivity contribution in [3.05, 3.63) is 53.6 Å². The summed E-state index contributed by atoms with van der Waals surface area (Å²) in [6.07, 6.45) is 5.39. The first kappa shape index (κ1) is 21.9. The molecule has 1 fully saturated rings. The van der Waals surface area contributed by atoms with Crippen molar-refractivity contribution in [3.63, 3.8) is 0 Å². The summed E-state index contributed by atoms with van der Waals surface area (Å²) < 4.78 is 16.3. The SMILES string of the molecule is CNCc1ccc(CCn2ccc(N3CCN(C)CC3)c2)c(F)c1.NNC=O. The minimum absolute atomic E-state index is 0.103. The van der Waals surface area contributed by atoms with Gasteiger partial charge in [-0.1, -0.05) is 12.1 Å². The Hall–Kier alpha value is -2.42. The highest BCUT2D eigenvalue weighted by Gasteiger charge is 2.15. The van der Waals surface area contributed by atoms with Gasteiger partial charge in [0.05, 0.1) is 5.69 Å². The molecule has 8 heteroatoms. The summed E-state index contributed by atoms with van der Waals surface area (Å²) >= 11 is 0. The van der Waals surface area contributed by atoms with E-state index in [1.807, 2.05) is 19.2 Å². The fourth-order valence-corrected chi connectivity index (χ4v) is 3.18. The number of aromatic nitrogens is 1. The Morgan fingerprint density at radius 1 is 1.21 bits per heavy atom. The molecule has 3 rings (SSSR count). The van der Waals surface area contributed by atoms with Gasteiger partial charge >= 0.3 is 0 Å². The summed E-state index contributed by atoms with van der Waals surface area (Å²) in [6, 6.07) is 7.71. The highest BCUT2D eigenvalue weighted by molar-refractivity contribution is 5.45. The van der Waals surface area contributed by atoms with Gasteiger partial charge in [0.1, 0.15) is 5.82 Å². The highest BCUT2D eigenvalue weighted by Crippen LogP contribution is 2.18. The minimum Gasteiger partial charge on any atom is -0.368 e. The molecule has 154 valence electrons. The first-order chi connectivity index (χ1) is 13.6. The van der Waals surface area contributed by atoms with Gasteiger partial charge in [0.15, 0.2) is 0 Å². The van der Waals surface area contributed by atoms with Gasteiger partial charge in [-0.25, -0.2) is 10.2 Å². The average molecular weight is 391 g/mol. The second-order valence-electron chi connectivity index (χ2n) is 6.89. The number of nitrogens with one attached hydrogen (secondary N) is 2. The van der Waals surface area contributed by atoms with Gasteiger partial charge in [0.25, 0.3) is 0 Å². The smallest absolute Gasteiger partial charge is 0.221 e.